The molecule has 1 saturated heterocycles. The first-order valence-electron chi connectivity index (χ1n) is 2.36. The highest BCUT2D eigenvalue weighted by atomic mass is 32.2. The van der Waals surface area contributed by atoms with Crippen molar-refractivity contribution < 1.29 is 5.11 Å². The van der Waals surface area contributed by atoms with Crippen molar-refractivity contribution >= 4 is 11.8 Å². The van der Waals surface area contributed by atoms with Crippen molar-refractivity contribution in [2.45, 2.75) is 5.25 Å². The Morgan fingerprint density at radius 3 is 3.00 bits per heavy atom. The molecule has 2 nitrogen and oxygen atoms in total. The quantitative estimate of drug-likeness (QED) is 0.494. The highest BCUT2D eigenvalue weighted by Crippen LogP contribution is 2.12. The molecule has 0 saturated carbocycles. The molecule has 7 heavy (non-hydrogen) atoms. The normalized spacial score (nSPS) is 31.3. The lowest BCUT2D eigenvalue weighted by atomic mass is 10.4. The highest BCUT2D eigenvalue weighted by Gasteiger charge is 2.11. The van der Waals surface area contributed by atoms with E-state index in [2.05, 4.69) is 5.32 Å². The first-order chi connectivity index (χ1) is 3.43. The van der Waals surface area contributed by atoms with Crippen molar-refractivity contribution in [2.24, 2.45) is 0 Å². The zero-order chi connectivity index (χ0) is 5.11. The van der Waals surface area contributed by atoms with E-state index in [0.717, 1.165) is 12.4 Å². The monoisotopic (exact) mass is 119 g/mol. The first kappa shape index (κ1) is 5.41. The highest BCUT2D eigenvalue weighted by molar-refractivity contribution is 8.00. The zero-order valence-corrected chi connectivity index (χ0v) is 4.87. The fourth-order valence-corrected chi connectivity index (χ4v) is 1.39. The molecule has 2 N–H and O–H groups in total. The van der Waals surface area contributed by atoms with Gasteiger partial charge in [-0.05, 0) is 0 Å². The van der Waals surface area contributed by atoms with E-state index in [1.807, 2.05) is 0 Å². The largest absolute Gasteiger partial charge is 0.395 e. The summed E-state index contributed by atoms with van der Waals surface area (Å²) in [5, 5.41) is 12.1. The van der Waals surface area contributed by atoms with Crippen LogP contribution < -0.4 is 5.32 Å². The van der Waals surface area contributed by atoms with Crippen molar-refractivity contribution in [3.63, 3.8) is 0 Å². The van der Waals surface area contributed by atoms with Gasteiger partial charge in [-0.25, -0.2) is 0 Å². The minimum Gasteiger partial charge on any atom is -0.395 e. The Kier molecular flexibility index (Phi) is 1.97. The van der Waals surface area contributed by atoms with Crippen LogP contribution in [0.5, 0.6) is 0 Å². The van der Waals surface area contributed by atoms with Crippen molar-refractivity contribution in [1.82, 2.24) is 5.32 Å². The van der Waals surface area contributed by atoms with Crippen LogP contribution in [0.15, 0.2) is 0 Å². The molecule has 1 heterocycles. The third-order valence-corrected chi connectivity index (χ3v) is 2.15. The van der Waals surface area contributed by atoms with Gasteiger partial charge in [-0.15, -0.1) is 11.8 Å². The number of nitrogens with one attached hydrogen (secondary N) is 1. The minimum atomic E-state index is 0.317. The summed E-state index contributed by atoms with van der Waals surface area (Å²) in [6.07, 6.45) is 0. The van der Waals surface area contributed by atoms with Crippen LogP contribution in [-0.2, 0) is 0 Å². The Hall–Kier alpha value is 0.270. The Bertz CT molecular complexity index is 53.7. The predicted molar refractivity (Wildman–Crippen MR) is 31.3 cm³/mol. The summed E-state index contributed by atoms with van der Waals surface area (Å²) in [6, 6.07) is 0. The van der Waals surface area contributed by atoms with Crippen LogP contribution in [0.4, 0.5) is 0 Å². The van der Waals surface area contributed by atoms with Gasteiger partial charge >= 0.3 is 0 Å². The van der Waals surface area contributed by atoms with E-state index in [-0.39, 0.29) is 0 Å². The smallest absolute Gasteiger partial charge is 0.0562 e. The van der Waals surface area contributed by atoms with Gasteiger partial charge in [0, 0.05) is 17.7 Å². The van der Waals surface area contributed by atoms with Crippen molar-refractivity contribution in [3.05, 3.63) is 0 Å². The number of hydrogen-bond acceptors (Lipinski definition) is 3. The van der Waals surface area contributed by atoms with E-state index in [9.17, 15) is 0 Å². The van der Waals surface area contributed by atoms with Crippen LogP contribution in [0.3, 0.4) is 0 Å². The second-order valence-corrected chi connectivity index (χ2v) is 2.86. The molecular weight excluding hydrogens is 110 g/mol. The molecule has 0 aromatic heterocycles. The summed E-state index contributed by atoms with van der Waals surface area (Å²) in [7, 11) is 0. The maximum absolute atomic E-state index is 8.51. The van der Waals surface area contributed by atoms with Crippen molar-refractivity contribution in [3.8, 4) is 0 Å². The maximum Gasteiger partial charge on any atom is 0.0562 e. The maximum atomic E-state index is 8.51. The third-order valence-electron chi connectivity index (χ3n) is 0.997. The van der Waals surface area contributed by atoms with Gasteiger partial charge in [0.1, 0.15) is 0 Å². The summed E-state index contributed by atoms with van der Waals surface area (Å²) >= 11 is 1.78. The molecule has 1 fully saturated rings. The van der Waals surface area contributed by atoms with Crippen LogP contribution in [0, 0.1) is 0 Å². The summed E-state index contributed by atoms with van der Waals surface area (Å²) in [5.74, 6) is 1.01. The molecule has 1 aliphatic heterocycles. The fourth-order valence-electron chi connectivity index (χ4n) is 0.573. The molecule has 0 spiro atoms. The lowest BCUT2D eigenvalue weighted by Crippen LogP contribution is -2.15. The second kappa shape index (κ2) is 2.55. The van der Waals surface area contributed by atoms with Crippen LogP contribution in [0.1, 0.15) is 0 Å². The molecule has 0 aliphatic carbocycles. The van der Waals surface area contributed by atoms with Crippen LogP contribution in [0.25, 0.3) is 0 Å². The molecule has 0 amide bonds. The Labute approximate surface area is 47.3 Å². The molecule has 0 aromatic rings. The predicted octanol–water partition coefficient (Wildman–Crippen LogP) is -0.359. The second-order valence-electron chi connectivity index (χ2n) is 1.57. The summed E-state index contributed by atoms with van der Waals surface area (Å²) < 4.78 is 0. The molecule has 42 valence electrons. The lowest BCUT2D eigenvalue weighted by Gasteiger charge is -1.97. The summed E-state index contributed by atoms with van der Waals surface area (Å²) in [4.78, 5) is 0. The van der Waals surface area contributed by atoms with E-state index in [0.29, 0.717) is 11.9 Å². The third kappa shape index (κ3) is 1.33. The van der Waals surface area contributed by atoms with E-state index in [4.69, 9.17) is 5.11 Å². The van der Waals surface area contributed by atoms with Crippen molar-refractivity contribution in [1.29, 1.82) is 0 Å². The molecule has 0 radical (unpaired) electrons. The van der Waals surface area contributed by atoms with Crippen LogP contribution >= 0.6 is 11.8 Å². The Morgan fingerprint density at radius 1 is 1.86 bits per heavy atom. The molecular formula is C4H9NOS. The Balaban J connectivity index is 2.14. The van der Waals surface area contributed by atoms with Gasteiger partial charge in [0.15, 0.2) is 0 Å². The van der Waals surface area contributed by atoms with Gasteiger partial charge in [-0.2, -0.15) is 0 Å². The van der Waals surface area contributed by atoms with Crippen molar-refractivity contribution in [2.75, 3.05) is 19.0 Å². The molecule has 3 heteroatoms. The topological polar surface area (TPSA) is 32.3 Å². The molecule has 1 unspecified atom stereocenters. The number of aliphatic hydroxyl groups is 1. The number of thioether (sulfide) groups is 1. The van der Waals surface area contributed by atoms with Gasteiger partial charge in [-0.1, -0.05) is 0 Å². The lowest BCUT2D eigenvalue weighted by molar-refractivity contribution is 0.296. The van der Waals surface area contributed by atoms with Gasteiger partial charge in [-0.3, -0.25) is 0 Å². The summed E-state index contributed by atoms with van der Waals surface area (Å²) in [6.45, 7) is 1.29. The standard InChI is InChI=1S/C4H9NOS/c6-2-4-1-5-3-7-4/h4-6H,1-3H2. The van der Waals surface area contributed by atoms with Crippen LogP contribution in [-0.4, -0.2) is 29.4 Å². The van der Waals surface area contributed by atoms with E-state index in [1.54, 1.807) is 11.8 Å². The molecule has 1 aliphatic rings. The van der Waals surface area contributed by atoms with Gasteiger partial charge < -0.3 is 10.4 Å². The van der Waals surface area contributed by atoms with Crippen LogP contribution in [0.2, 0.25) is 0 Å². The zero-order valence-electron chi connectivity index (χ0n) is 4.05. The van der Waals surface area contributed by atoms with E-state index >= 15 is 0 Å². The van der Waals surface area contributed by atoms with Gasteiger partial charge in [0.25, 0.3) is 0 Å². The average molecular weight is 119 g/mol. The number of aliphatic hydroxyl groups excluding tert-OH is 1. The molecule has 1 rings (SSSR count). The van der Waals surface area contributed by atoms with E-state index in [1.165, 1.54) is 0 Å². The molecule has 1 atom stereocenters. The van der Waals surface area contributed by atoms with Gasteiger partial charge in [0.05, 0.1) is 6.61 Å². The Morgan fingerprint density at radius 2 is 2.71 bits per heavy atom. The fraction of sp³-hybridized carbons (Fsp3) is 1.00. The molecule has 0 bridgehead atoms. The number of hydrogen-bond donors (Lipinski definition) is 2. The minimum absolute atomic E-state index is 0.317. The van der Waals surface area contributed by atoms with Gasteiger partial charge in [0.2, 0.25) is 0 Å². The SMILES string of the molecule is OCC1CNCS1. The average Bonchev–Trinajstić information content (AvgIpc) is 2.14. The first-order valence-corrected chi connectivity index (χ1v) is 3.41. The van der Waals surface area contributed by atoms with E-state index < -0.39 is 0 Å². The number of rotatable bonds is 1. The summed E-state index contributed by atoms with van der Waals surface area (Å²) in [5.41, 5.74) is 0. The molecule has 0 aromatic carbocycles.